The molecule has 1 aromatic carbocycles. The van der Waals surface area contributed by atoms with Gasteiger partial charge in [0.1, 0.15) is 5.82 Å². The Morgan fingerprint density at radius 2 is 1.89 bits per heavy atom. The van der Waals surface area contributed by atoms with Gasteiger partial charge in [-0.3, -0.25) is 4.79 Å². The third-order valence-corrected chi connectivity index (χ3v) is 8.87. The first-order valence-electron chi connectivity index (χ1n) is 13.1. The Morgan fingerprint density at radius 3 is 2.51 bits per heavy atom. The zero-order valence-electron chi connectivity index (χ0n) is 21.9. The summed E-state index contributed by atoms with van der Waals surface area (Å²) in [6.07, 6.45) is 12.7. The summed E-state index contributed by atoms with van der Waals surface area (Å²) in [6, 6.07) is 5.67. The molecule has 2 fully saturated rings. The van der Waals surface area contributed by atoms with Gasteiger partial charge >= 0.3 is 0 Å². The molecule has 0 bridgehead atoms. The van der Waals surface area contributed by atoms with Gasteiger partial charge in [0.15, 0.2) is 5.78 Å². The lowest BCUT2D eigenvalue weighted by atomic mass is 9.53. The molecule has 1 N–H and O–H groups in total. The first kappa shape index (κ1) is 25.7. The van der Waals surface area contributed by atoms with Crippen molar-refractivity contribution in [3.63, 3.8) is 0 Å². The molecule has 5 rings (SSSR count). The number of terminal acetylenes is 1. The minimum atomic E-state index is -0.285. The van der Waals surface area contributed by atoms with Crippen LogP contribution in [0.3, 0.4) is 0 Å². The van der Waals surface area contributed by atoms with E-state index in [9.17, 15) is 14.3 Å². The molecule has 4 aliphatic rings. The van der Waals surface area contributed by atoms with E-state index >= 15 is 0 Å². The molecule has 0 radical (unpaired) electrons. The van der Waals surface area contributed by atoms with Gasteiger partial charge in [-0.2, -0.15) is 0 Å². The molecule has 0 saturated heterocycles. The van der Waals surface area contributed by atoms with Crippen molar-refractivity contribution in [2.75, 3.05) is 19.0 Å². The summed E-state index contributed by atoms with van der Waals surface area (Å²) in [5, 5.41) is 10.9. The van der Waals surface area contributed by atoms with E-state index in [0.29, 0.717) is 29.9 Å². The average molecular weight is 478 g/mol. The first-order chi connectivity index (χ1) is 16.6. The van der Waals surface area contributed by atoms with Crippen LogP contribution >= 0.6 is 0 Å². The summed E-state index contributed by atoms with van der Waals surface area (Å²) in [7, 11) is 3.72. The smallest absolute Gasteiger partial charge is 0.156 e. The van der Waals surface area contributed by atoms with Crippen molar-refractivity contribution >= 4 is 11.5 Å². The van der Waals surface area contributed by atoms with Crippen molar-refractivity contribution in [2.45, 2.75) is 77.7 Å². The summed E-state index contributed by atoms with van der Waals surface area (Å²) in [6.45, 7) is 6.23. The van der Waals surface area contributed by atoms with Crippen LogP contribution in [-0.4, -0.2) is 31.1 Å². The summed E-state index contributed by atoms with van der Waals surface area (Å²) < 4.78 is 14.9. The van der Waals surface area contributed by atoms with Gasteiger partial charge in [0.05, 0.1) is 11.8 Å². The van der Waals surface area contributed by atoms with Crippen LogP contribution in [0.4, 0.5) is 10.1 Å². The highest BCUT2D eigenvalue weighted by atomic mass is 19.1. The van der Waals surface area contributed by atoms with E-state index in [1.54, 1.807) is 11.0 Å². The zero-order chi connectivity index (χ0) is 25.5. The Morgan fingerprint density at radius 1 is 1.17 bits per heavy atom. The van der Waals surface area contributed by atoms with E-state index in [0.717, 1.165) is 44.1 Å². The number of anilines is 1. The Labute approximate surface area is 210 Å². The van der Waals surface area contributed by atoms with E-state index in [-0.39, 0.29) is 29.0 Å². The molecule has 3 nitrogen and oxygen atoms in total. The van der Waals surface area contributed by atoms with Gasteiger partial charge < -0.3 is 10.0 Å². The molecule has 5 unspecified atom stereocenters. The van der Waals surface area contributed by atoms with Crippen molar-refractivity contribution in [1.82, 2.24) is 0 Å². The summed E-state index contributed by atoms with van der Waals surface area (Å²) in [4.78, 5) is 13.9. The van der Waals surface area contributed by atoms with Crippen molar-refractivity contribution in [1.29, 1.82) is 0 Å². The van der Waals surface area contributed by atoms with Crippen LogP contribution in [0, 0.1) is 41.3 Å². The molecule has 0 heterocycles. The van der Waals surface area contributed by atoms with Gasteiger partial charge in [-0.15, -0.1) is 12.3 Å². The van der Waals surface area contributed by atoms with Gasteiger partial charge in [-0.25, -0.2) is 4.39 Å². The fraction of sp³-hybridized carbons (Fsp3) is 0.581. The second kappa shape index (κ2) is 9.94. The molecule has 1 aromatic rings. The molecule has 0 spiro atoms. The maximum atomic E-state index is 14.9. The van der Waals surface area contributed by atoms with Gasteiger partial charge in [0.25, 0.3) is 0 Å². The highest BCUT2D eigenvalue weighted by Crippen LogP contribution is 2.63. The van der Waals surface area contributed by atoms with Gasteiger partial charge in [-0.05, 0) is 90.7 Å². The fourth-order valence-electron chi connectivity index (χ4n) is 7.03. The highest BCUT2D eigenvalue weighted by Gasteiger charge is 2.56. The van der Waals surface area contributed by atoms with Crippen LogP contribution in [-0.2, 0) is 4.79 Å². The van der Waals surface area contributed by atoms with E-state index in [1.165, 1.54) is 16.7 Å². The zero-order valence-corrected chi connectivity index (χ0v) is 21.9. The number of hydrogen-bond acceptors (Lipinski definition) is 3. The molecule has 188 valence electrons. The number of rotatable bonds is 2. The number of aliphatic hydroxyl groups excluding tert-OH is 1. The number of aliphatic hydroxyl groups is 1. The van der Waals surface area contributed by atoms with Crippen LogP contribution in [0.2, 0.25) is 0 Å². The molecule has 4 heteroatoms. The maximum absolute atomic E-state index is 14.9. The SMILES string of the molecule is C#CC(C)C.CN(C)c1ccc(C2CC3(C)C(O)CCC3C3CCC4=CC(=O)CCC4=C23)cc1F. The van der Waals surface area contributed by atoms with E-state index in [2.05, 4.69) is 18.9 Å². The van der Waals surface area contributed by atoms with Crippen LogP contribution in [0.1, 0.15) is 77.2 Å². The van der Waals surface area contributed by atoms with Crippen LogP contribution in [0.5, 0.6) is 0 Å². The average Bonchev–Trinajstić information content (AvgIpc) is 3.12. The molecule has 5 atom stereocenters. The molecule has 0 aliphatic heterocycles. The highest BCUT2D eigenvalue weighted by molar-refractivity contribution is 5.93. The summed E-state index contributed by atoms with van der Waals surface area (Å²) in [5.41, 5.74) is 5.53. The molecule has 4 aliphatic carbocycles. The molecular weight excluding hydrogens is 437 g/mol. The lowest BCUT2D eigenvalue weighted by Crippen LogP contribution is -2.45. The first-order valence-corrected chi connectivity index (χ1v) is 13.1. The quantitative estimate of drug-likeness (QED) is 0.499. The standard InChI is InChI=1S/C26H32FNO2.C5H8/c1-26-14-20(16-5-10-23(28(2)3)22(27)13-16)25-18-8-6-17(29)12-15(18)4-7-19(25)21(26)9-11-24(26)30;1-4-5(2)3/h5,10,12-13,19-21,24,30H,4,6-9,11,14H2,1-3H3;1,5H,2-3H3. The van der Waals surface area contributed by atoms with Gasteiger partial charge in [-0.1, -0.05) is 32.4 Å². The van der Waals surface area contributed by atoms with Crippen LogP contribution < -0.4 is 4.90 Å². The Kier molecular flexibility index (Phi) is 7.30. The number of benzene rings is 1. The monoisotopic (exact) mass is 477 g/mol. The van der Waals surface area contributed by atoms with Crippen LogP contribution in [0.25, 0.3) is 0 Å². The number of hydrogen-bond donors (Lipinski definition) is 1. The van der Waals surface area contributed by atoms with Crippen LogP contribution in [0.15, 0.2) is 41.0 Å². The van der Waals surface area contributed by atoms with Crippen molar-refractivity contribution in [3.05, 3.63) is 52.4 Å². The lowest BCUT2D eigenvalue weighted by Gasteiger charge is -2.52. The summed E-state index contributed by atoms with van der Waals surface area (Å²) in [5.74, 6) is 4.02. The number of ketones is 1. The number of fused-ring (bicyclic) bond motifs is 4. The molecule has 2 saturated carbocycles. The topological polar surface area (TPSA) is 40.5 Å². The minimum Gasteiger partial charge on any atom is -0.393 e. The Hall–Kier alpha value is -2.38. The predicted octanol–water partition coefficient (Wildman–Crippen LogP) is 6.43. The molecule has 0 amide bonds. The predicted molar refractivity (Wildman–Crippen MR) is 141 cm³/mol. The number of carbonyl (C=O) groups is 1. The van der Waals surface area contributed by atoms with Gasteiger partial charge in [0, 0.05) is 32.4 Å². The summed E-state index contributed by atoms with van der Waals surface area (Å²) >= 11 is 0. The molecular formula is C31H40FNO2. The number of nitrogens with zero attached hydrogens (tertiary/aromatic N) is 1. The van der Waals surface area contributed by atoms with E-state index in [4.69, 9.17) is 6.42 Å². The second-order valence-corrected chi connectivity index (χ2v) is 11.6. The van der Waals surface area contributed by atoms with E-state index in [1.807, 2.05) is 40.1 Å². The third-order valence-electron chi connectivity index (χ3n) is 8.87. The van der Waals surface area contributed by atoms with Crippen molar-refractivity contribution in [3.8, 4) is 12.3 Å². The van der Waals surface area contributed by atoms with Crippen molar-refractivity contribution < 1.29 is 14.3 Å². The lowest BCUT2D eigenvalue weighted by molar-refractivity contribution is -0.114. The van der Waals surface area contributed by atoms with Gasteiger partial charge in [0.2, 0.25) is 0 Å². The fourth-order valence-corrected chi connectivity index (χ4v) is 7.03. The molecule has 0 aromatic heterocycles. The number of carbonyl (C=O) groups excluding carboxylic acids is 1. The van der Waals surface area contributed by atoms with E-state index < -0.39 is 0 Å². The second-order valence-electron chi connectivity index (χ2n) is 11.6. The maximum Gasteiger partial charge on any atom is 0.156 e. The number of halogens is 1. The largest absolute Gasteiger partial charge is 0.393 e. The third kappa shape index (κ3) is 4.73. The minimum absolute atomic E-state index is 0.113. The number of allylic oxidation sites excluding steroid dienone is 4. The normalized spacial score (nSPS) is 31.5. The Balaban J connectivity index is 0.000000527. The molecule has 35 heavy (non-hydrogen) atoms. The van der Waals surface area contributed by atoms with Crippen molar-refractivity contribution in [2.24, 2.45) is 23.2 Å². The Bertz CT molecular complexity index is 1090.